The number of benzene rings is 2. The summed E-state index contributed by atoms with van der Waals surface area (Å²) in [7, 11) is 1.52. The molecule has 21 heavy (non-hydrogen) atoms. The lowest BCUT2D eigenvalue weighted by Gasteiger charge is -2.16. The minimum Gasteiger partial charge on any atom is -0.494 e. The van der Waals surface area contributed by atoms with Crippen LogP contribution in [0.5, 0.6) is 11.5 Å². The molecule has 0 bridgehead atoms. The van der Waals surface area contributed by atoms with Gasteiger partial charge in [0.2, 0.25) is 0 Å². The molecule has 0 aliphatic carbocycles. The lowest BCUT2D eigenvalue weighted by molar-refractivity contribution is 0.240. The van der Waals surface area contributed by atoms with Gasteiger partial charge in [-0.1, -0.05) is 18.2 Å². The summed E-state index contributed by atoms with van der Waals surface area (Å²) in [5.41, 5.74) is 1.79. The Kier molecular flexibility index (Phi) is 5.04. The van der Waals surface area contributed by atoms with E-state index in [9.17, 15) is 4.39 Å². The molecule has 4 heteroatoms. The third kappa shape index (κ3) is 4.12. The summed E-state index contributed by atoms with van der Waals surface area (Å²) in [5.74, 6) is 1.01. The van der Waals surface area contributed by atoms with Crippen LogP contribution in [0.4, 0.5) is 10.1 Å². The quantitative estimate of drug-likeness (QED) is 0.863. The summed E-state index contributed by atoms with van der Waals surface area (Å²) in [4.78, 5) is 0. The first kappa shape index (κ1) is 15.2. The van der Waals surface area contributed by atoms with E-state index in [0.717, 1.165) is 17.0 Å². The number of hydrogen-bond donors (Lipinski definition) is 1. The fourth-order valence-corrected chi connectivity index (χ4v) is 2.02. The maximum Gasteiger partial charge on any atom is 0.144 e. The third-order valence-corrected chi connectivity index (χ3v) is 2.97. The van der Waals surface area contributed by atoms with Crippen LogP contribution in [-0.2, 0) is 6.54 Å². The van der Waals surface area contributed by atoms with Crippen LogP contribution in [0.3, 0.4) is 0 Å². The molecule has 0 amide bonds. The Morgan fingerprint density at radius 2 is 1.86 bits per heavy atom. The Hall–Kier alpha value is -2.23. The van der Waals surface area contributed by atoms with Crippen molar-refractivity contribution in [3.8, 4) is 11.5 Å². The first-order chi connectivity index (χ1) is 10.1. The Balaban J connectivity index is 2.13. The first-order valence-corrected chi connectivity index (χ1v) is 6.92. The van der Waals surface area contributed by atoms with Gasteiger partial charge in [-0.05, 0) is 32.0 Å². The number of nitrogens with one attached hydrogen (secondary N) is 1. The molecule has 0 atom stereocenters. The highest BCUT2D eigenvalue weighted by atomic mass is 19.1. The normalized spacial score (nSPS) is 10.5. The van der Waals surface area contributed by atoms with Crippen molar-refractivity contribution in [1.29, 1.82) is 0 Å². The molecule has 1 N–H and O–H groups in total. The predicted molar refractivity (Wildman–Crippen MR) is 82.5 cm³/mol. The third-order valence-electron chi connectivity index (χ3n) is 2.97. The summed E-state index contributed by atoms with van der Waals surface area (Å²) < 4.78 is 24.1. The van der Waals surface area contributed by atoms with E-state index >= 15 is 0 Å². The summed E-state index contributed by atoms with van der Waals surface area (Å²) >= 11 is 0. The smallest absolute Gasteiger partial charge is 0.144 e. The Labute approximate surface area is 124 Å². The second kappa shape index (κ2) is 6.97. The van der Waals surface area contributed by atoms with Gasteiger partial charge < -0.3 is 14.8 Å². The zero-order valence-corrected chi connectivity index (χ0v) is 12.5. The molecule has 112 valence electrons. The standard InChI is InChI=1S/C17H20FNO2/c1-12(2)21-16-7-5-4-6-13(16)11-19-15-9-8-14(18)10-17(15)20-3/h4-10,12,19H,11H2,1-3H3. The lowest BCUT2D eigenvalue weighted by atomic mass is 10.2. The van der Waals surface area contributed by atoms with Crippen LogP contribution in [0.1, 0.15) is 19.4 Å². The van der Waals surface area contributed by atoms with Gasteiger partial charge >= 0.3 is 0 Å². The number of anilines is 1. The van der Waals surface area contributed by atoms with E-state index < -0.39 is 0 Å². The van der Waals surface area contributed by atoms with E-state index in [1.54, 1.807) is 6.07 Å². The summed E-state index contributed by atoms with van der Waals surface area (Å²) in [5, 5.41) is 3.25. The van der Waals surface area contributed by atoms with Crippen molar-refractivity contribution in [3.63, 3.8) is 0 Å². The summed E-state index contributed by atoms with van der Waals surface area (Å²) in [6, 6.07) is 12.3. The van der Waals surface area contributed by atoms with Gasteiger partial charge in [0.25, 0.3) is 0 Å². The lowest BCUT2D eigenvalue weighted by Crippen LogP contribution is -2.09. The maximum atomic E-state index is 13.2. The second-order valence-electron chi connectivity index (χ2n) is 4.97. The highest BCUT2D eigenvalue weighted by molar-refractivity contribution is 5.57. The van der Waals surface area contributed by atoms with Gasteiger partial charge in [0.1, 0.15) is 17.3 Å². The van der Waals surface area contributed by atoms with E-state index in [4.69, 9.17) is 9.47 Å². The zero-order chi connectivity index (χ0) is 15.2. The van der Waals surface area contributed by atoms with Crippen LogP contribution in [0.25, 0.3) is 0 Å². The van der Waals surface area contributed by atoms with Crippen LogP contribution < -0.4 is 14.8 Å². The Morgan fingerprint density at radius 3 is 2.57 bits per heavy atom. The minimum atomic E-state index is -0.319. The number of rotatable bonds is 6. The maximum absolute atomic E-state index is 13.2. The van der Waals surface area contributed by atoms with E-state index in [1.165, 1.54) is 19.2 Å². The molecule has 0 saturated carbocycles. The van der Waals surface area contributed by atoms with Gasteiger partial charge in [0.15, 0.2) is 0 Å². The number of para-hydroxylation sites is 1. The van der Waals surface area contributed by atoms with Crippen molar-refractivity contribution in [3.05, 3.63) is 53.8 Å². The van der Waals surface area contributed by atoms with E-state index in [1.807, 2.05) is 38.1 Å². The molecule has 0 unspecified atom stereocenters. The monoisotopic (exact) mass is 289 g/mol. The average molecular weight is 289 g/mol. The van der Waals surface area contributed by atoms with Crippen molar-refractivity contribution >= 4 is 5.69 Å². The SMILES string of the molecule is COc1cc(F)ccc1NCc1ccccc1OC(C)C. The molecule has 2 rings (SSSR count). The van der Waals surface area contributed by atoms with E-state index in [0.29, 0.717) is 12.3 Å². The molecule has 0 saturated heterocycles. The molecule has 0 aromatic heterocycles. The summed E-state index contributed by atoms with van der Waals surface area (Å²) in [6.45, 7) is 4.56. The van der Waals surface area contributed by atoms with Gasteiger partial charge in [-0.15, -0.1) is 0 Å². The van der Waals surface area contributed by atoms with Crippen LogP contribution in [-0.4, -0.2) is 13.2 Å². The van der Waals surface area contributed by atoms with E-state index in [-0.39, 0.29) is 11.9 Å². The molecular formula is C17H20FNO2. The van der Waals surface area contributed by atoms with Gasteiger partial charge in [0.05, 0.1) is 18.9 Å². The number of methoxy groups -OCH3 is 1. The highest BCUT2D eigenvalue weighted by Crippen LogP contribution is 2.27. The number of halogens is 1. The molecule has 0 aliphatic heterocycles. The van der Waals surface area contributed by atoms with Crippen molar-refractivity contribution in [2.45, 2.75) is 26.5 Å². The van der Waals surface area contributed by atoms with Crippen molar-refractivity contribution in [2.24, 2.45) is 0 Å². The molecule has 3 nitrogen and oxygen atoms in total. The number of hydrogen-bond acceptors (Lipinski definition) is 3. The van der Waals surface area contributed by atoms with Gasteiger partial charge in [-0.2, -0.15) is 0 Å². The van der Waals surface area contributed by atoms with Crippen LogP contribution in [0, 0.1) is 5.82 Å². The van der Waals surface area contributed by atoms with Crippen LogP contribution in [0.15, 0.2) is 42.5 Å². The highest BCUT2D eigenvalue weighted by Gasteiger charge is 2.07. The fourth-order valence-electron chi connectivity index (χ4n) is 2.02. The van der Waals surface area contributed by atoms with Gasteiger partial charge in [0, 0.05) is 18.2 Å². The van der Waals surface area contributed by atoms with Gasteiger partial charge in [-0.25, -0.2) is 4.39 Å². The molecule has 0 spiro atoms. The van der Waals surface area contributed by atoms with Crippen molar-refractivity contribution < 1.29 is 13.9 Å². The molecule has 2 aromatic carbocycles. The zero-order valence-electron chi connectivity index (χ0n) is 12.5. The fraction of sp³-hybridized carbons (Fsp3) is 0.294. The molecule has 0 radical (unpaired) electrons. The molecule has 0 fully saturated rings. The summed E-state index contributed by atoms with van der Waals surface area (Å²) in [6.07, 6.45) is 0.117. The predicted octanol–water partition coefficient (Wildman–Crippen LogP) is 4.23. The molecule has 2 aromatic rings. The number of ether oxygens (including phenoxy) is 2. The molecule has 0 aliphatic rings. The molecular weight excluding hydrogens is 269 g/mol. The van der Waals surface area contributed by atoms with E-state index in [2.05, 4.69) is 5.32 Å². The first-order valence-electron chi connectivity index (χ1n) is 6.92. The largest absolute Gasteiger partial charge is 0.494 e. The topological polar surface area (TPSA) is 30.5 Å². The van der Waals surface area contributed by atoms with Crippen molar-refractivity contribution in [2.75, 3.05) is 12.4 Å². The van der Waals surface area contributed by atoms with Gasteiger partial charge in [-0.3, -0.25) is 0 Å². The van der Waals surface area contributed by atoms with Crippen LogP contribution >= 0.6 is 0 Å². The Morgan fingerprint density at radius 1 is 1.10 bits per heavy atom. The minimum absolute atomic E-state index is 0.117. The van der Waals surface area contributed by atoms with Crippen molar-refractivity contribution in [1.82, 2.24) is 0 Å². The Bertz CT molecular complexity index is 599. The molecule has 0 heterocycles. The van der Waals surface area contributed by atoms with Crippen LogP contribution in [0.2, 0.25) is 0 Å². The second-order valence-corrected chi connectivity index (χ2v) is 4.97. The average Bonchev–Trinajstić information content (AvgIpc) is 2.46.